The van der Waals surface area contributed by atoms with Crippen LogP contribution in [0, 0.1) is 0 Å². The summed E-state index contributed by atoms with van der Waals surface area (Å²) in [7, 11) is -7.74. The van der Waals surface area contributed by atoms with E-state index >= 15 is 0 Å². The highest BCUT2D eigenvalue weighted by molar-refractivity contribution is 9.10. The molecule has 0 bridgehead atoms. The topological polar surface area (TPSA) is 86.7 Å². The van der Waals surface area contributed by atoms with Gasteiger partial charge in [0, 0.05) is 20.1 Å². The van der Waals surface area contributed by atoms with Crippen LogP contribution < -0.4 is 8.37 Å². The maximum absolute atomic E-state index is 12.0. The van der Waals surface area contributed by atoms with Gasteiger partial charge in [-0.1, -0.05) is 56.1 Å². The molecule has 32 heavy (non-hydrogen) atoms. The van der Waals surface area contributed by atoms with Crippen molar-refractivity contribution in [2.45, 2.75) is 0 Å². The lowest BCUT2D eigenvalue weighted by Gasteiger charge is -2.18. The molecule has 0 fully saturated rings. The first-order chi connectivity index (χ1) is 14.9. The molecule has 166 valence electrons. The number of rotatable bonds is 5. The Labute approximate surface area is 202 Å². The van der Waals surface area contributed by atoms with Gasteiger partial charge in [0.05, 0.1) is 12.5 Å². The molecule has 0 aliphatic heterocycles. The highest BCUT2D eigenvalue weighted by atomic mass is 79.9. The third kappa shape index (κ3) is 4.93. The Hall–Kier alpha value is -2.14. The quantitative estimate of drug-likeness (QED) is 0.267. The van der Waals surface area contributed by atoms with Gasteiger partial charge in [-0.2, -0.15) is 16.8 Å². The van der Waals surface area contributed by atoms with Crippen molar-refractivity contribution in [1.29, 1.82) is 0 Å². The number of hydrogen-bond acceptors (Lipinski definition) is 6. The monoisotopic (exact) mass is 598 g/mol. The molecule has 10 heteroatoms. The molecule has 0 N–H and O–H groups in total. The second-order valence-corrected chi connectivity index (χ2v) is 12.2. The SMILES string of the molecule is CS(=O)(=O)Oc1ccc2cc(Br)ccc2c1-c1c(OS(C)(=O)=O)ccc2cc(Br)ccc12. The number of halogens is 2. The van der Waals surface area contributed by atoms with E-state index < -0.39 is 20.2 Å². The Bertz CT molecular complexity index is 1480. The summed E-state index contributed by atoms with van der Waals surface area (Å²) in [4.78, 5) is 0. The third-order valence-electron chi connectivity index (χ3n) is 4.62. The molecule has 0 spiro atoms. The molecule has 4 aromatic rings. The van der Waals surface area contributed by atoms with Crippen LogP contribution in [-0.2, 0) is 20.2 Å². The third-order valence-corrected chi connectivity index (χ3v) is 6.57. The number of hydrogen-bond donors (Lipinski definition) is 0. The van der Waals surface area contributed by atoms with E-state index in [1.807, 2.05) is 36.4 Å². The maximum Gasteiger partial charge on any atom is 0.306 e. The summed E-state index contributed by atoms with van der Waals surface area (Å²) in [6, 6.07) is 17.6. The van der Waals surface area contributed by atoms with E-state index in [4.69, 9.17) is 8.37 Å². The lowest BCUT2D eigenvalue weighted by molar-refractivity contribution is 0.489. The predicted octanol–water partition coefficient (Wildman–Crippen LogP) is 5.86. The first-order valence-corrected chi connectivity index (χ1v) is 14.4. The Morgan fingerprint density at radius 3 is 1.31 bits per heavy atom. The van der Waals surface area contributed by atoms with Crippen molar-refractivity contribution in [3.63, 3.8) is 0 Å². The van der Waals surface area contributed by atoms with E-state index in [1.165, 1.54) is 0 Å². The smallest absolute Gasteiger partial charge is 0.306 e. The van der Waals surface area contributed by atoms with Gasteiger partial charge in [-0.3, -0.25) is 0 Å². The van der Waals surface area contributed by atoms with Crippen molar-refractivity contribution in [3.8, 4) is 22.6 Å². The summed E-state index contributed by atoms with van der Waals surface area (Å²) in [5.41, 5.74) is 0.819. The average molecular weight is 600 g/mol. The van der Waals surface area contributed by atoms with Gasteiger partial charge < -0.3 is 8.37 Å². The Kier molecular flexibility index (Phi) is 6.00. The summed E-state index contributed by atoms with van der Waals surface area (Å²) in [5, 5.41) is 2.94. The molecule has 0 aliphatic carbocycles. The van der Waals surface area contributed by atoms with Gasteiger partial charge in [0.25, 0.3) is 0 Å². The van der Waals surface area contributed by atoms with Gasteiger partial charge in [0.1, 0.15) is 0 Å². The van der Waals surface area contributed by atoms with Gasteiger partial charge in [-0.25, -0.2) is 0 Å². The molecule has 0 unspecified atom stereocenters. The zero-order chi connectivity index (χ0) is 23.3. The van der Waals surface area contributed by atoms with Crippen LogP contribution in [0.15, 0.2) is 69.6 Å². The van der Waals surface area contributed by atoms with Crippen molar-refractivity contribution in [3.05, 3.63) is 69.6 Å². The first kappa shape index (κ1) is 23.0. The molecular formula is C22H16Br2O6S2. The molecule has 0 saturated carbocycles. The van der Waals surface area contributed by atoms with E-state index in [0.29, 0.717) is 21.9 Å². The molecule has 6 nitrogen and oxygen atoms in total. The molecule has 0 radical (unpaired) electrons. The minimum atomic E-state index is -3.87. The molecular weight excluding hydrogens is 584 g/mol. The summed E-state index contributed by atoms with van der Waals surface area (Å²) in [6.45, 7) is 0. The van der Waals surface area contributed by atoms with Crippen molar-refractivity contribution >= 4 is 73.6 Å². The van der Waals surface area contributed by atoms with Crippen LogP contribution >= 0.6 is 31.9 Å². The van der Waals surface area contributed by atoms with Crippen molar-refractivity contribution in [2.24, 2.45) is 0 Å². The standard InChI is InChI=1S/C22H16Br2O6S2/c1-31(25,26)29-19-9-3-13-11-15(23)5-7-17(13)21(19)22-18-8-6-16(24)12-14(18)4-10-20(22)30-32(2,27)28/h3-12H,1-2H3. The minimum absolute atomic E-state index is 0.0658. The Morgan fingerprint density at radius 2 is 0.969 bits per heavy atom. The maximum atomic E-state index is 12.0. The fourth-order valence-corrected chi connectivity index (χ4v) is 5.23. The van der Waals surface area contributed by atoms with E-state index in [0.717, 1.165) is 32.2 Å². The summed E-state index contributed by atoms with van der Waals surface area (Å²) in [5.74, 6) is 0.132. The molecule has 0 aliphatic rings. The molecule has 0 aromatic heterocycles. The van der Waals surface area contributed by atoms with Crippen LogP contribution in [0.1, 0.15) is 0 Å². The summed E-state index contributed by atoms with van der Waals surface area (Å²) < 4.78 is 60.5. The van der Waals surface area contributed by atoms with Gasteiger partial charge in [0.2, 0.25) is 0 Å². The normalized spacial score (nSPS) is 12.2. The van der Waals surface area contributed by atoms with Crippen molar-refractivity contribution in [1.82, 2.24) is 0 Å². The fraction of sp³-hybridized carbons (Fsp3) is 0.0909. The van der Waals surface area contributed by atoms with Gasteiger partial charge in [0.15, 0.2) is 11.5 Å². The fourth-order valence-electron chi connectivity index (χ4n) is 3.54. The van der Waals surface area contributed by atoms with Crippen molar-refractivity contribution < 1.29 is 25.2 Å². The zero-order valence-corrected chi connectivity index (χ0v) is 21.6. The molecule has 0 saturated heterocycles. The van der Waals surface area contributed by atoms with Crippen molar-refractivity contribution in [2.75, 3.05) is 12.5 Å². The highest BCUT2D eigenvalue weighted by Gasteiger charge is 2.23. The lowest BCUT2D eigenvalue weighted by Crippen LogP contribution is -2.09. The van der Waals surface area contributed by atoms with E-state index in [-0.39, 0.29) is 11.5 Å². The van der Waals surface area contributed by atoms with Crippen LogP contribution in [0.5, 0.6) is 11.5 Å². The zero-order valence-electron chi connectivity index (χ0n) is 16.8. The second kappa shape index (κ2) is 8.33. The van der Waals surface area contributed by atoms with Crippen LogP contribution in [0.25, 0.3) is 32.7 Å². The van der Waals surface area contributed by atoms with Gasteiger partial charge >= 0.3 is 20.2 Å². The minimum Gasteiger partial charge on any atom is -0.382 e. The highest BCUT2D eigenvalue weighted by Crippen LogP contribution is 2.46. The Balaban J connectivity index is 2.20. The number of fused-ring (bicyclic) bond motifs is 2. The Morgan fingerprint density at radius 1 is 0.594 bits per heavy atom. The van der Waals surface area contributed by atoms with Crippen LogP contribution in [0.2, 0.25) is 0 Å². The molecule has 0 amide bonds. The molecule has 0 heterocycles. The first-order valence-electron chi connectivity index (χ1n) is 9.15. The summed E-state index contributed by atoms with van der Waals surface area (Å²) >= 11 is 6.89. The van der Waals surface area contributed by atoms with E-state index in [1.54, 1.807) is 24.3 Å². The van der Waals surface area contributed by atoms with Crippen LogP contribution in [-0.4, -0.2) is 29.3 Å². The predicted molar refractivity (Wildman–Crippen MR) is 133 cm³/mol. The van der Waals surface area contributed by atoms with Crippen LogP contribution in [0.4, 0.5) is 0 Å². The van der Waals surface area contributed by atoms with Gasteiger partial charge in [-0.15, -0.1) is 0 Å². The number of benzene rings is 4. The lowest BCUT2D eigenvalue weighted by atomic mass is 9.92. The van der Waals surface area contributed by atoms with E-state index in [2.05, 4.69) is 31.9 Å². The van der Waals surface area contributed by atoms with E-state index in [9.17, 15) is 16.8 Å². The molecule has 4 rings (SSSR count). The largest absolute Gasteiger partial charge is 0.382 e. The molecule has 4 aromatic carbocycles. The second-order valence-electron chi connectivity index (χ2n) is 7.18. The molecule has 0 atom stereocenters. The van der Waals surface area contributed by atoms with Crippen LogP contribution in [0.3, 0.4) is 0 Å². The average Bonchev–Trinajstić information content (AvgIpc) is 2.66. The van der Waals surface area contributed by atoms with Gasteiger partial charge in [-0.05, 0) is 57.9 Å². The summed E-state index contributed by atoms with van der Waals surface area (Å²) in [6.07, 6.45) is 1.91.